The molecular formula is C31H30O4P+. The Morgan fingerprint density at radius 3 is 1.47 bits per heavy atom. The fourth-order valence-corrected chi connectivity index (χ4v) is 9.26. The van der Waals surface area contributed by atoms with E-state index in [-0.39, 0.29) is 25.6 Å². The van der Waals surface area contributed by atoms with E-state index in [1.165, 1.54) is 0 Å². The Kier molecular flexibility index (Phi) is 8.65. The van der Waals surface area contributed by atoms with Crippen LogP contribution in [0.25, 0.3) is 0 Å². The van der Waals surface area contributed by atoms with Crippen molar-refractivity contribution < 1.29 is 19.1 Å². The first-order valence-electron chi connectivity index (χ1n) is 12.1. The van der Waals surface area contributed by atoms with E-state index in [0.29, 0.717) is 0 Å². The molecule has 0 radical (unpaired) electrons. The Balaban J connectivity index is 1.85. The maximum absolute atomic E-state index is 13.7. The van der Waals surface area contributed by atoms with Gasteiger partial charge in [-0.2, -0.15) is 0 Å². The third kappa shape index (κ3) is 5.56. The molecule has 0 aliphatic rings. The number of ether oxygens (including phenoxy) is 2. The third-order valence-electron chi connectivity index (χ3n) is 6.12. The molecule has 36 heavy (non-hydrogen) atoms. The molecule has 0 aliphatic heterocycles. The molecule has 0 spiro atoms. The Morgan fingerprint density at radius 2 is 1.06 bits per heavy atom. The molecule has 0 N–H and O–H groups in total. The predicted molar refractivity (Wildman–Crippen MR) is 146 cm³/mol. The second-order valence-electron chi connectivity index (χ2n) is 8.35. The van der Waals surface area contributed by atoms with Gasteiger partial charge in [0.25, 0.3) is 0 Å². The van der Waals surface area contributed by atoms with E-state index in [9.17, 15) is 9.59 Å². The molecule has 0 bridgehead atoms. The SMILES string of the molecule is CCOC(=O)C(CC(=O)OCc1ccccc1)[P+](c1ccccc1)(c1ccccc1)c1ccccc1. The predicted octanol–water partition coefficient (Wildman–Crippen LogP) is 5.05. The summed E-state index contributed by atoms with van der Waals surface area (Å²) in [5, 5.41) is 3.03. The Morgan fingerprint density at radius 1 is 0.639 bits per heavy atom. The van der Waals surface area contributed by atoms with E-state index in [4.69, 9.17) is 9.47 Å². The van der Waals surface area contributed by atoms with Crippen LogP contribution in [0.15, 0.2) is 121 Å². The second-order valence-corrected chi connectivity index (χ2v) is 12.0. The summed E-state index contributed by atoms with van der Waals surface area (Å²) < 4.78 is 11.3. The number of benzene rings is 4. The van der Waals surface area contributed by atoms with Gasteiger partial charge in [0, 0.05) is 0 Å². The molecule has 0 saturated carbocycles. The number of rotatable bonds is 10. The van der Waals surface area contributed by atoms with E-state index in [1.54, 1.807) is 6.92 Å². The highest BCUT2D eigenvalue weighted by molar-refractivity contribution is 7.96. The maximum Gasteiger partial charge on any atom is 0.348 e. The summed E-state index contributed by atoms with van der Waals surface area (Å²) in [6.07, 6.45) is -0.0852. The Hall–Kier alpha value is -3.75. The average molecular weight is 498 g/mol. The van der Waals surface area contributed by atoms with Crippen LogP contribution < -0.4 is 15.9 Å². The monoisotopic (exact) mass is 497 g/mol. The minimum Gasteiger partial charge on any atom is -0.463 e. The molecule has 4 aromatic carbocycles. The number of carbonyl (C=O) groups is 2. The second kappa shape index (κ2) is 12.3. The zero-order valence-electron chi connectivity index (χ0n) is 20.3. The van der Waals surface area contributed by atoms with E-state index in [2.05, 4.69) is 36.4 Å². The Labute approximate surface area is 213 Å². The van der Waals surface area contributed by atoms with Crippen LogP contribution in [0.2, 0.25) is 0 Å². The van der Waals surface area contributed by atoms with Gasteiger partial charge in [0.05, 0.1) is 13.0 Å². The number of hydrogen-bond donors (Lipinski definition) is 0. The van der Waals surface area contributed by atoms with Crippen LogP contribution in [0.3, 0.4) is 0 Å². The van der Waals surface area contributed by atoms with Gasteiger partial charge < -0.3 is 9.47 Å². The molecule has 4 nitrogen and oxygen atoms in total. The quantitative estimate of drug-likeness (QED) is 0.227. The van der Waals surface area contributed by atoms with Gasteiger partial charge in [-0.25, -0.2) is 4.79 Å². The molecule has 1 unspecified atom stereocenters. The van der Waals surface area contributed by atoms with Crippen LogP contribution >= 0.6 is 7.26 Å². The lowest BCUT2D eigenvalue weighted by molar-refractivity contribution is -0.150. The standard InChI is InChI=1S/C31H30O4P/c1-2-34-31(33)29(23-30(32)35-24-25-15-7-3-8-16-25)36(26-17-9-4-10-18-26,27-19-11-5-12-20-27)28-21-13-6-14-22-28/h3-22,29H,2,23-24H2,1H3/q+1. The van der Waals surface area contributed by atoms with Gasteiger partial charge in [0.15, 0.2) is 5.66 Å². The first-order valence-corrected chi connectivity index (χ1v) is 13.9. The fraction of sp³-hybridized carbons (Fsp3) is 0.161. The van der Waals surface area contributed by atoms with Crippen molar-refractivity contribution in [3.63, 3.8) is 0 Å². The Bertz CT molecular complexity index is 1150. The average Bonchev–Trinajstić information content (AvgIpc) is 2.94. The molecule has 182 valence electrons. The number of hydrogen-bond acceptors (Lipinski definition) is 4. The molecular weight excluding hydrogens is 467 g/mol. The summed E-state index contributed by atoms with van der Waals surface area (Å²) in [5.41, 5.74) is 0.154. The highest BCUT2D eigenvalue weighted by Gasteiger charge is 2.57. The zero-order chi connectivity index (χ0) is 25.2. The van der Waals surface area contributed by atoms with E-state index >= 15 is 0 Å². The van der Waals surface area contributed by atoms with Crippen molar-refractivity contribution in [1.82, 2.24) is 0 Å². The molecule has 0 aromatic heterocycles. The van der Waals surface area contributed by atoms with Crippen LogP contribution in [0.5, 0.6) is 0 Å². The molecule has 4 aromatic rings. The normalized spacial score (nSPS) is 11.9. The zero-order valence-corrected chi connectivity index (χ0v) is 21.2. The van der Waals surface area contributed by atoms with Crippen LogP contribution in [0.1, 0.15) is 18.9 Å². The van der Waals surface area contributed by atoms with Crippen molar-refractivity contribution in [1.29, 1.82) is 0 Å². The molecule has 0 fully saturated rings. The van der Waals surface area contributed by atoms with Crippen LogP contribution in [0.4, 0.5) is 0 Å². The minimum atomic E-state index is -2.67. The van der Waals surface area contributed by atoms with Crippen LogP contribution in [0, 0.1) is 0 Å². The summed E-state index contributed by atoms with van der Waals surface area (Å²) in [5.74, 6) is -0.817. The van der Waals surface area contributed by atoms with E-state index in [0.717, 1.165) is 21.5 Å². The van der Waals surface area contributed by atoms with Crippen molar-refractivity contribution in [2.45, 2.75) is 25.6 Å². The smallest absolute Gasteiger partial charge is 0.348 e. The topological polar surface area (TPSA) is 52.6 Å². The lowest BCUT2D eigenvalue weighted by Gasteiger charge is -2.33. The maximum atomic E-state index is 13.7. The van der Waals surface area contributed by atoms with Crippen LogP contribution in [-0.2, 0) is 25.7 Å². The van der Waals surface area contributed by atoms with Crippen molar-refractivity contribution >= 4 is 35.1 Å². The summed E-state index contributed by atoms with van der Waals surface area (Å²) in [6.45, 7) is 2.17. The molecule has 1 atom stereocenters. The molecule has 0 amide bonds. The van der Waals surface area contributed by atoms with E-state index in [1.807, 2.05) is 84.9 Å². The third-order valence-corrected chi connectivity index (χ3v) is 10.8. The van der Waals surface area contributed by atoms with Gasteiger partial charge in [-0.3, -0.25) is 4.79 Å². The van der Waals surface area contributed by atoms with Gasteiger partial charge in [0.2, 0.25) is 0 Å². The van der Waals surface area contributed by atoms with Crippen molar-refractivity contribution in [3.05, 3.63) is 127 Å². The minimum absolute atomic E-state index is 0.0852. The highest BCUT2D eigenvalue weighted by atomic mass is 31.2. The van der Waals surface area contributed by atoms with Crippen molar-refractivity contribution in [2.75, 3.05) is 6.61 Å². The van der Waals surface area contributed by atoms with Crippen molar-refractivity contribution in [3.8, 4) is 0 Å². The molecule has 0 saturated heterocycles. The van der Waals surface area contributed by atoms with Crippen LogP contribution in [-0.4, -0.2) is 24.2 Å². The first-order chi connectivity index (χ1) is 17.7. The van der Waals surface area contributed by atoms with Gasteiger partial charge >= 0.3 is 11.9 Å². The van der Waals surface area contributed by atoms with E-state index < -0.39 is 18.9 Å². The molecule has 5 heteroatoms. The first kappa shape index (κ1) is 25.3. The molecule has 4 rings (SSSR count). The van der Waals surface area contributed by atoms with Gasteiger partial charge in [0.1, 0.15) is 29.8 Å². The van der Waals surface area contributed by atoms with Gasteiger partial charge in [-0.15, -0.1) is 0 Å². The summed E-state index contributed by atoms with van der Waals surface area (Å²) >= 11 is 0. The van der Waals surface area contributed by atoms with Gasteiger partial charge in [-0.05, 0) is 48.9 Å². The van der Waals surface area contributed by atoms with Gasteiger partial charge in [-0.1, -0.05) is 84.9 Å². The summed E-state index contributed by atoms with van der Waals surface area (Å²) in [4.78, 5) is 27.0. The summed E-state index contributed by atoms with van der Waals surface area (Å²) in [6, 6.07) is 39.6. The lowest BCUT2D eigenvalue weighted by Crippen LogP contribution is -2.44. The van der Waals surface area contributed by atoms with Crippen molar-refractivity contribution in [2.24, 2.45) is 0 Å². The molecule has 0 heterocycles. The number of carbonyl (C=O) groups excluding carboxylic acids is 2. The highest BCUT2D eigenvalue weighted by Crippen LogP contribution is 2.61. The fourth-order valence-electron chi connectivity index (χ4n) is 4.55. The molecule has 0 aliphatic carbocycles. The number of esters is 2. The summed E-state index contributed by atoms with van der Waals surface area (Å²) in [7, 11) is -2.67. The lowest BCUT2D eigenvalue weighted by atomic mass is 10.2. The largest absolute Gasteiger partial charge is 0.463 e.